The first-order chi connectivity index (χ1) is 9.74. The van der Waals surface area contributed by atoms with Crippen molar-refractivity contribution in [3.05, 3.63) is 59.4 Å². The molecule has 0 spiro atoms. The summed E-state index contributed by atoms with van der Waals surface area (Å²) in [5, 5.41) is 8.97. The van der Waals surface area contributed by atoms with Gasteiger partial charge in [0, 0.05) is 31.5 Å². The van der Waals surface area contributed by atoms with Crippen LogP contribution in [-0.4, -0.2) is 29.4 Å². The average molecular weight is 273 g/mol. The van der Waals surface area contributed by atoms with E-state index in [0.717, 1.165) is 12.1 Å². The van der Waals surface area contributed by atoms with Gasteiger partial charge in [0.25, 0.3) is 0 Å². The minimum atomic E-state index is -0.331. The van der Waals surface area contributed by atoms with Crippen LogP contribution in [0, 0.1) is 0 Å². The lowest BCUT2D eigenvalue weighted by Gasteiger charge is -2.08. The van der Waals surface area contributed by atoms with E-state index in [1.807, 2.05) is 28.8 Å². The summed E-state index contributed by atoms with van der Waals surface area (Å²) in [5.74, 6) is -0.331. The molecule has 1 heterocycles. The number of benzene rings is 1. The van der Waals surface area contributed by atoms with Crippen LogP contribution in [0.4, 0.5) is 0 Å². The third kappa shape index (κ3) is 3.48. The van der Waals surface area contributed by atoms with E-state index in [2.05, 4.69) is 12.1 Å². The molecule has 1 N–H and O–H groups in total. The molecule has 1 aromatic heterocycles. The maximum absolute atomic E-state index is 11.6. The van der Waals surface area contributed by atoms with E-state index in [9.17, 15) is 4.79 Å². The van der Waals surface area contributed by atoms with Gasteiger partial charge in [0.05, 0.1) is 12.7 Å². The van der Waals surface area contributed by atoms with Crippen molar-refractivity contribution in [2.45, 2.75) is 19.4 Å². The molecule has 1 aromatic carbocycles. The number of rotatable bonds is 6. The predicted octanol–water partition coefficient (Wildman–Crippen LogP) is 2.25. The molecule has 0 unspecified atom stereocenters. The molecule has 0 saturated heterocycles. The fourth-order valence-corrected chi connectivity index (χ4v) is 2.19. The highest BCUT2D eigenvalue weighted by atomic mass is 16.5. The van der Waals surface area contributed by atoms with Gasteiger partial charge in [-0.15, -0.1) is 0 Å². The number of nitrogens with zero attached hydrogens (tertiary/aromatic N) is 1. The zero-order chi connectivity index (χ0) is 14.4. The van der Waals surface area contributed by atoms with Crippen LogP contribution in [0.2, 0.25) is 0 Å². The molecule has 20 heavy (non-hydrogen) atoms. The monoisotopic (exact) mass is 273 g/mol. The molecule has 106 valence electrons. The minimum absolute atomic E-state index is 0.135. The molecule has 4 heteroatoms. The summed E-state index contributed by atoms with van der Waals surface area (Å²) in [4.78, 5) is 11.6. The normalized spacial score (nSPS) is 10.5. The molecule has 0 radical (unpaired) electrons. The van der Waals surface area contributed by atoms with Crippen LogP contribution < -0.4 is 0 Å². The fourth-order valence-electron chi connectivity index (χ4n) is 2.19. The van der Waals surface area contributed by atoms with Crippen molar-refractivity contribution in [1.82, 2.24) is 4.57 Å². The summed E-state index contributed by atoms with van der Waals surface area (Å²) in [6, 6.07) is 11.9. The molecule has 0 aliphatic heterocycles. The molecule has 0 amide bonds. The Hall–Kier alpha value is -2.07. The van der Waals surface area contributed by atoms with Gasteiger partial charge in [0.15, 0.2) is 0 Å². The van der Waals surface area contributed by atoms with Crippen molar-refractivity contribution in [3.63, 3.8) is 0 Å². The third-order valence-electron chi connectivity index (χ3n) is 3.19. The van der Waals surface area contributed by atoms with E-state index in [4.69, 9.17) is 9.84 Å². The van der Waals surface area contributed by atoms with Crippen LogP contribution in [0.15, 0.2) is 42.6 Å². The predicted molar refractivity (Wildman–Crippen MR) is 76.7 cm³/mol. The first kappa shape index (κ1) is 14.3. The Bertz CT molecular complexity index is 560. The second-order valence-corrected chi connectivity index (χ2v) is 4.64. The molecule has 2 rings (SSSR count). The minimum Gasteiger partial charge on any atom is -0.465 e. The molecular formula is C16H19NO3. The average Bonchev–Trinajstić information content (AvgIpc) is 2.88. The Balaban J connectivity index is 2.24. The van der Waals surface area contributed by atoms with Gasteiger partial charge in [0.2, 0.25) is 0 Å². The number of carbonyl (C=O) groups excluding carboxylic acids is 1. The lowest BCUT2D eigenvalue weighted by atomic mass is 10.1. The second kappa shape index (κ2) is 6.91. The second-order valence-electron chi connectivity index (χ2n) is 4.64. The number of ether oxygens (including phenoxy) is 1. The first-order valence-electron chi connectivity index (χ1n) is 6.66. The van der Waals surface area contributed by atoms with E-state index < -0.39 is 0 Å². The van der Waals surface area contributed by atoms with Crippen LogP contribution in [0.5, 0.6) is 0 Å². The zero-order valence-electron chi connectivity index (χ0n) is 11.6. The number of aryl methyl sites for hydroxylation is 1. The Morgan fingerprint density at radius 3 is 2.70 bits per heavy atom. The zero-order valence-corrected chi connectivity index (χ0v) is 11.6. The summed E-state index contributed by atoms with van der Waals surface area (Å²) in [6.45, 7) is 0.826. The highest BCUT2D eigenvalue weighted by Crippen LogP contribution is 2.15. The summed E-state index contributed by atoms with van der Waals surface area (Å²) in [5.41, 5.74) is 2.79. The van der Waals surface area contributed by atoms with Gasteiger partial charge in [0.1, 0.15) is 0 Å². The number of esters is 1. The van der Waals surface area contributed by atoms with Gasteiger partial charge in [-0.05, 0) is 18.1 Å². The number of aliphatic hydroxyl groups is 1. The molecular weight excluding hydrogens is 254 g/mol. The Morgan fingerprint density at radius 1 is 1.30 bits per heavy atom. The van der Waals surface area contributed by atoms with Gasteiger partial charge in [-0.3, -0.25) is 0 Å². The van der Waals surface area contributed by atoms with E-state index >= 15 is 0 Å². The van der Waals surface area contributed by atoms with Crippen molar-refractivity contribution >= 4 is 5.97 Å². The molecule has 0 saturated carbocycles. The number of carbonyl (C=O) groups is 1. The lowest BCUT2D eigenvalue weighted by Crippen LogP contribution is -2.04. The van der Waals surface area contributed by atoms with Crippen molar-refractivity contribution in [2.75, 3.05) is 13.7 Å². The number of hydrogen-bond acceptors (Lipinski definition) is 3. The molecule has 4 nitrogen and oxygen atoms in total. The molecule has 0 bridgehead atoms. The summed E-state index contributed by atoms with van der Waals surface area (Å²) in [6.07, 6.45) is 3.21. The quantitative estimate of drug-likeness (QED) is 0.821. The fraction of sp³-hybridized carbons (Fsp3) is 0.312. The Morgan fingerprint density at radius 2 is 2.05 bits per heavy atom. The SMILES string of the molecule is COC(=O)c1cc(Cc2ccccc2)n(CCCO)c1. The number of aliphatic hydroxyl groups excluding tert-OH is 1. The maximum Gasteiger partial charge on any atom is 0.339 e. The van der Waals surface area contributed by atoms with Gasteiger partial charge in [-0.2, -0.15) is 0 Å². The topological polar surface area (TPSA) is 51.5 Å². The van der Waals surface area contributed by atoms with Crippen LogP contribution in [-0.2, 0) is 17.7 Å². The van der Waals surface area contributed by atoms with Crippen LogP contribution in [0.3, 0.4) is 0 Å². The standard InChI is InChI=1S/C16H19NO3/c1-20-16(19)14-11-15(17(12-14)8-5-9-18)10-13-6-3-2-4-7-13/h2-4,6-7,11-12,18H,5,8-10H2,1H3. The molecule has 0 fully saturated rings. The van der Waals surface area contributed by atoms with Crippen LogP contribution >= 0.6 is 0 Å². The molecule has 0 aliphatic carbocycles. The van der Waals surface area contributed by atoms with Crippen molar-refractivity contribution < 1.29 is 14.6 Å². The Kier molecular flexibility index (Phi) is 4.96. The van der Waals surface area contributed by atoms with Gasteiger partial charge in [-0.25, -0.2) is 4.79 Å². The van der Waals surface area contributed by atoms with E-state index in [1.54, 1.807) is 6.20 Å². The number of hydrogen-bond donors (Lipinski definition) is 1. The largest absolute Gasteiger partial charge is 0.465 e. The highest BCUT2D eigenvalue weighted by molar-refractivity contribution is 5.89. The lowest BCUT2D eigenvalue weighted by molar-refractivity contribution is 0.0600. The number of methoxy groups -OCH3 is 1. The summed E-state index contributed by atoms with van der Waals surface area (Å²) >= 11 is 0. The van der Waals surface area contributed by atoms with Gasteiger partial charge in [-0.1, -0.05) is 30.3 Å². The molecule has 0 aliphatic rings. The van der Waals surface area contributed by atoms with Gasteiger partial charge < -0.3 is 14.4 Å². The molecule has 0 atom stereocenters. The number of aromatic nitrogens is 1. The highest BCUT2D eigenvalue weighted by Gasteiger charge is 2.12. The van der Waals surface area contributed by atoms with E-state index in [1.165, 1.54) is 12.7 Å². The first-order valence-corrected chi connectivity index (χ1v) is 6.66. The maximum atomic E-state index is 11.6. The van der Waals surface area contributed by atoms with Crippen molar-refractivity contribution in [1.29, 1.82) is 0 Å². The Labute approximate surface area is 118 Å². The van der Waals surface area contributed by atoms with Crippen molar-refractivity contribution in [2.24, 2.45) is 0 Å². The smallest absolute Gasteiger partial charge is 0.339 e. The van der Waals surface area contributed by atoms with E-state index in [0.29, 0.717) is 18.5 Å². The summed E-state index contributed by atoms with van der Waals surface area (Å²) in [7, 11) is 1.38. The van der Waals surface area contributed by atoms with Crippen molar-refractivity contribution in [3.8, 4) is 0 Å². The molecule has 2 aromatic rings. The summed E-state index contributed by atoms with van der Waals surface area (Å²) < 4.78 is 6.77. The van der Waals surface area contributed by atoms with Crippen LogP contribution in [0.25, 0.3) is 0 Å². The third-order valence-corrected chi connectivity index (χ3v) is 3.19. The van der Waals surface area contributed by atoms with E-state index in [-0.39, 0.29) is 12.6 Å². The van der Waals surface area contributed by atoms with Crippen LogP contribution in [0.1, 0.15) is 28.0 Å². The van der Waals surface area contributed by atoms with Gasteiger partial charge >= 0.3 is 5.97 Å².